The van der Waals surface area contributed by atoms with Crippen LogP contribution in [0.15, 0.2) is 40.9 Å². The molecule has 8 heteroatoms. The van der Waals surface area contributed by atoms with Crippen LogP contribution >= 0.6 is 11.8 Å². The fourth-order valence-corrected chi connectivity index (χ4v) is 4.20. The number of fused-ring (bicyclic) bond motifs is 2. The lowest BCUT2D eigenvalue weighted by molar-refractivity contribution is 0.0103. The SMILES string of the molecule is C=CCn1c(=O)c2cnc(SC)nc2n1-c1ccc2c(n1)[C@](O)(CC)CCC2. The van der Waals surface area contributed by atoms with E-state index < -0.39 is 5.60 Å². The topological polar surface area (TPSA) is 85.8 Å². The third-order valence-corrected chi connectivity index (χ3v) is 5.94. The van der Waals surface area contributed by atoms with Crippen LogP contribution in [-0.4, -0.2) is 35.7 Å². The number of thioether (sulfide) groups is 1. The average molecular weight is 398 g/mol. The number of hydrogen-bond acceptors (Lipinski definition) is 6. The third kappa shape index (κ3) is 2.87. The zero-order valence-corrected chi connectivity index (χ0v) is 16.9. The van der Waals surface area contributed by atoms with Crippen molar-refractivity contribution in [3.8, 4) is 5.82 Å². The van der Waals surface area contributed by atoms with Gasteiger partial charge >= 0.3 is 0 Å². The first-order valence-corrected chi connectivity index (χ1v) is 10.6. The molecule has 3 aromatic rings. The molecule has 1 atom stereocenters. The number of aromatic nitrogens is 5. The van der Waals surface area contributed by atoms with Crippen LogP contribution in [0, 0.1) is 0 Å². The van der Waals surface area contributed by atoms with Crippen molar-refractivity contribution in [3.05, 3.63) is 52.6 Å². The van der Waals surface area contributed by atoms with E-state index >= 15 is 0 Å². The molecule has 1 aliphatic rings. The molecule has 0 saturated heterocycles. The van der Waals surface area contributed by atoms with E-state index in [0.717, 1.165) is 18.4 Å². The van der Waals surface area contributed by atoms with E-state index in [1.54, 1.807) is 21.6 Å². The molecule has 4 rings (SSSR count). The van der Waals surface area contributed by atoms with Gasteiger partial charge in [-0.05, 0) is 43.6 Å². The zero-order chi connectivity index (χ0) is 19.9. The Bertz CT molecular complexity index is 1120. The maximum atomic E-state index is 12.9. The smallest absolute Gasteiger partial charge is 0.278 e. The van der Waals surface area contributed by atoms with Gasteiger partial charge in [-0.2, -0.15) is 0 Å². The summed E-state index contributed by atoms with van der Waals surface area (Å²) >= 11 is 1.41. The molecule has 146 valence electrons. The average Bonchev–Trinajstić information content (AvgIpc) is 2.99. The van der Waals surface area contributed by atoms with Gasteiger partial charge in [0.1, 0.15) is 11.0 Å². The summed E-state index contributed by atoms with van der Waals surface area (Å²) in [6, 6.07) is 3.89. The summed E-state index contributed by atoms with van der Waals surface area (Å²) in [5.74, 6) is 0.562. The van der Waals surface area contributed by atoms with E-state index in [2.05, 4.69) is 16.5 Å². The summed E-state index contributed by atoms with van der Waals surface area (Å²) in [5, 5.41) is 12.1. The van der Waals surface area contributed by atoms with Crippen molar-refractivity contribution in [2.24, 2.45) is 0 Å². The van der Waals surface area contributed by atoms with Gasteiger partial charge in [0.15, 0.2) is 16.6 Å². The van der Waals surface area contributed by atoms with E-state index in [0.29, 0.717) is 47.1 Å². The summed E-state index contributed by atoms with van der Waals surface area (Å²) in [6.07, 6.45) is 8.25. The lowest BCUT2D eigenvalue weighted by Gasteiger charge is -2.32. The highest BCUT2D eigenvalue weighted by molar-refractivity contribution is 7.98. The minimum atomic E-state index is -0.935. The molecule has 3 heterocycles. The summed E-state index contributed by atoms with van der Waals surface area (Å²) in [4.78, 5) is 26.5. The molecule has 0 radical (unpaired) electrons. The Kier molecular flexibility index (Phi) is 4.84. The van der Waals surface area contributed by atoms with Crippen molar-refractivity contribution in [3.63, 3.8) is 0 Å². The molecular weight excluding hydrogens is 374 g/mol. The molecule has 28 heavy (non-hydrogen) atoms. The Morgan fingerprint density at radius 3 is 2.93 bits per heavy atom. The van der Waals surface area contributed by atoms with Crippen LogP contribution in [0.25, 0.3) is 16.9 Å². The van der Waals surface area contributed by atoms with Crippen molar-refractivity contribution < 1.29 is 5.11 Å². The molecule has 0 spiro atoms. The predicted octanol–water partition coefficient (Wildman–Crippen LogP) is 2.82. The third-order valence-electron chi connectivity index (χ3n) is 5.38. The minimum absolute atomic E-state index is 0.187. The Balaban J connectivity index is 2.01. The Morgan fingerprint density at radius 2 is 2.21 bits per heavy atom. The molecule has 7 nitrogen and oxygen atoms in total. The molecule has 0 unspecified atom stereocenters. The molecule has 1 aliphatic carbocycles. The van der Waals surface area contributed by atoms with Crippen LogP contribution in [0.3, 0.4) is 0 Å². The summed E-state index contributed by atoms with van der Waals surface area (Å²) < 4.78 is 3.27. The molecule has 0 amide bonds. The number of hydrogen-bond donors (Lipinski definition) is 1. The minimum Gasteiger partial charge on any atom is -0.384 e. The number of aryl methyl sites for hydroxylation is 1. The van der Waals surface area contributed by atoms with E-state index in [4.69, 9.17) is 4.98 Å². The number of rotatable bonds is 5. The fourth-order valence-electron chi connectivity index (χ4n) is 3.87. The lowest BCUT2D eigenvalue weighted by Crippen LogP contribution is -2.32. The Morgan fingerprint density at radius 1 is 1.39 bits per heavy atom. The van der Waals surface area contributed by atoms with Crippen LogP contribution in [-0.2, 0) is 18.6 Å². The van der Waals surface area contributed by atoms with Crippen molar-refractivity contribution in [2.75, 3.05) is 6.26 Å². The van der Waals surface area contributed by atoms with Crippen LogP contribution in [0.2, 0.25) is 0 Å². The summed E-state index contributed by atoms with van der Waals surface area (Å²) in [6.45, 7) is 6.06. The first-order valence-electron chi connectivity index (χ1n) is 9.39. The van der Waals surface area contributed by atoms with E-state index in [-0.39, 0.29) is 5.56 Å². The predicted molar refractivity (Wildman–Crippen MR) is 110 cm³/mol. The molecular formula is C20H23N5O2S. The van der Waals surface area contributed by atoms with Crippen molar-refractivity contribution in [1.82, 2.24) is 24.3 Å². The zero-order valence-electron chi connectivity index (χ0n) is 16.1. The van der Waals surface area contributed by atoms with Gasteiger partial charge < -0.3 is 5.11 Å². The quantitative estimate of drug-likeness (QED) is 0.405. The molecule has 0 saturated carbocycles. The van der Waals surface area contributed by atoms with Crippen molar-refractivity contribution in [2.45, 2.75) is 49.9 Å². The number of pyridine rings is 1. The Hall–Kier alpha value is -2.45. The van der Waals surface area contributed by atoms with Gasteiger partial charge in [0.05, 0.1) is 12.2 Å². The van der Waals surface area contributed by atoms with E-state index in [9.17, 15) is 9.90 Å². The fraction of sp³-hybridized carbons (Fsp3) is 0.400. The van der Waals surface area contributed by atoms with Crippen LogP contribution in [0.5, 0.6) is 0 Å². The number of nitrogens with zero attached hydrogens (tertiary/aromatic N) is 5. The highest BCUT2D eigenvalue weighted by Crippen LogP contribution is 2.37. The van der Waals surface area contributed by atoms with E-state index in [1.807, 2.05) is 25.3 Å². The molecule has 3 aromatic heterocycles. The van der Waals surface area contributed by atoms with Gasteiger partial charge in [0.2, 0.25) is 0 Å². The van der Waals surface area contributed by atoms with Crippen molar-refractivity contribution >= 4 is 22.8 Å². The highest BCUT2D eigenvalue weighted by atomic mass is 32.2. The van der Waals surface area contributed by atoms with Gasteiger partial charge in [0.25, 0.3) is 5.56 Å². The van der Waals surface area contributed by atoms with Crippen LogP contribution in [0.1, 0.15) is 37.4 Å². The lowest BCUT2D eigenvalue weighted by atomic mass is 9.81. The second-order valence-corrected chi connectivity index (χ2v) is 7.77. The molecule has 0 aromatic carbocycles. The van der Waals surface area contributed by atoms with Gasteiger partial charge in [-0.1, -0.05) is 30.8 Å². The first kappa shape index (κ1) is 18.9. The van der Waals surface area contributed by atoms with E-state index in [1.165, 1.54) is 11.8 Å². The normalized spacial score (nSPS) is 19.0. The van der Waals surface area contributed by atoms with Gasteiger partial charge in [-0.25, -0.2) is 24.3 Å². The second-order valence-electron chi connectivity index (χ2n) is 7.00. The molecule has 0 fully saturated rings. The van der Waals surface area contributed by atoms with Gasteiger partial charge in [-0.15, -0.1) is 6.58 Å². The van der Waals surface area contributed by atoms with Crippen molar-refractivity contribution in [1.29, 1.82) is 0 Å². The largest absolute Gasteiger partial charge is 0.384 e. The first-order chi connectivity index (χ1) is 13.5. The number of aliphatic hydroxyl groups is 1. The standard InChI is InChI=1S/C20H23N5O2S/c1-4-11-24-18(26)14-12-21-19(28-3)23-17(14)25(24)15-9-8-13-7-6-10-20(27,5-2)16(13)22-15/h4,8-9,12,27H,1,5-7,10-11H2,2-3H3/t20-/m0/s1. The number of allylic oxidation sites excluding steroid dienone is 1. The molecule has 1 N–H and O–H groups in total. The highest BCUT2D eigenvalue weighted by Gasteiger charge is 2.34. The monoisotopic (exact) mass is 397 g/mol. The molecule has 0 aliphatic heterocycles. The Labute approximate surface area is 167 Å². The summed E-state index contributed by atoms with van der Waals surface area (Å²) in [5.41, 5.74) is 1.16. The van der Waals surface area contributed by atoms with Gasteiger partial charge in [-0.3, -0.25) is 4.79 Å². The second kappa shape index (κ2) is 7.18. The maximum Gasteiger partial charge on any atom is 0.278 e. The summed E-state index contributed by atoms with van der Waals surface area (Å²) in [7, 11) is 0. The molecule has 0 bridgehead atoms. The van der Waals surface area contributed by atoms with Crippen LogP contribution in [0.4, 0.5) is 0 Å². The van der Waals surface area contributed by atoms with Gasteiger partial charge in [0, 0.05) is 6.20 Å². The maximum absolute atomic E-state index is 12.9. The van der Waals surface area contributed by atoms with Crippen LogP contribution < -0.4 is 5.56 Å².